The van der Waals surface area contributed by atoms with E-state index in [2.05, 4.69) is 18.7 Å². The van der Waals surface area contributed by atoms with Gasteiger partial charge in [0.2, 0.25) is 16.3 Å². The second-order valence-electron chi connectivity index (χ2n) is 11.5. The summed E-state index contributed by atoms with van der Waals surface area (Å²) in [6, 6.07) is 6.69. The lowest BCUT2D eigenvalue weighted by atomic mass is 9.90. The molecular formula is C30H47N3O7S. The second kappa shape index (κ2) is 14.8. The van der Waals surface area contributed by atoms with E-state index in [0.717, 1.165) is 25.9 Å². The zero-order valence-electron chi connectivity index (χ0n) is 24.7. The molecule has 10 nitrogen and oxygen atoms in total. The third kappa shape index (κ3) is 8.22. The number of amides is 1. The number of nitrogens with zero attached hydrogens (tertiary/aromatic N) is 3. The van der Waals surface area contributed by atoms with Crippen LogP contribution in [-0.2, 0) is 24.3 Å². The molecule has 2 atom stereocenters. The van der Waals surface area contributed by atoms with Gasteiger partial charge in [0.1, 0.15) is 5.75 Å². The Bertz CT molecular complexity index is 1110. The fourth-order valence-electron chi connectivity index (χ4n) is 5.92. The number of hydrogen-bond acceptors (Lipinski definition) is 8. The quantitative estimate of drug-likeness (QED) is 0.394. The molecule has 41 heavy (non-hydrogen) atoms. The molecule has 230 valence electrons. The van der Waals surface area contributed by atoms with Gasteiger partial charge in [0, 0.05) is 38.6 Å². The molecule has 0 bridgehead atoms. The summed E-state index contributed by atoms with van der Waals surface area (Å²) in [5.41, 5.74) is 0. The molecule has 1 N–H and O–H groups in total. The first-order valence-corrected chi connectivity index (χ1v) is 16.5. The van der Waals surface area contributed by atoms with Crippen molar-refractivity contribution in [1.82, 2.24) is 14.1 Å². The first-order valence-electron chi connectivity index (χ1n) is 15.0. The Labute approximate surface area is 245 Å². The van der Waals surface area contributed by atoms with Gasteiger partial charge in [-0.25, -0.2) is 8.42 Å². The number of likely N-dealkylation sites (tertiary alicyclic amines) is 2. The predicted molar refractivity (Wildman–Crippen MR) is 156 cm³/mol. The number of ether oxygens (including phenoxy) is 3. The van der Waals surface area contributed by atoms with Gasteiger partial charge in [-0.2, -0.15) is 4.31 Å². The molecule has 4 rings (SSSR count). The molecule has 0 spiro atoms. The number of benzene rings is 1. The highest BCUT2D eigenvalue weighted by Gasteiger charge is 2.34. The third-order valence-corrected chi connectivity index (χ3v) is 10.4. The first-order chi connectivity index (χ1) is 19.7. The van der Waals surface area contributed by atoms with Crippen LogP contribution in [0.4, 0.5) is 0 Å². The number of aliphatic hydroxyl groups excluding tert-OH is 1. The maximum Gasteiger partial charge on any atom is 0.288 e. The summed E-state index contributed by atoms with van der Waals surface area (Å²) in [6.45, 7) is 7.72. The van der Waals surface area contributed by atoms with E-state index < -0.39 is 16.3 Å². The summed E-state index contributed by atoms with van der Waals surface area (Å²) in [7, 11) is -2.33. The van der Waals surface area contributed by atoms with Crippen molar-refractivity contribution in [2.24, 2.45) is 11.8 Å². The lowest BCUT2D eigenvalue weighted by Crippen LogP contribution is -2.49. The highest BCUT2D eigenvalue weighted by Crippen LogP contribution is 2.31. The van der Waals surface area contributed by atoms with Crippen molar-refractivity contribution in [2.45, 2.75) is 69.6 Å². The number of carbonyl (C=O) groups is 1. The molecule has 2 fully saturated rings. The van der Waals surface area contributed by atoms with Gasteiger partial charge < -0.3 is 29.1 Å². The van der Waals surface area contributed by atoms with Crippen molar-refractivity contribution < 1.29 is 32.5 Å². The van der Waals surface area contributed by atoms with E-state index in [-0.39, 0.29) is 43.0 Å². The van der Waals surface area contributed by atoms with Crippen LogP contribution < -0.4 is 4.74 Å². The summed E-state index contributed by atoms with van der Waals surface area (Å²) >= 11 is 0. The monoisotopic (exact) mass is 593 g/mol. The molecular weight excluding hydrogens is 546 g/mol. The zero-order valence-corrected chi connectivity index (χ0v) is 25.6. The summed E-state index contributed by atoms with van der Waals surface area (Å²) in [4.78, 5) is 18.1. The molecule has 2 saturated heterocycles. The van der Waals surface area contributed by atoms with E-state index in [4.69, 9.17) is 14.2 Å². The summed E-state index contributed by atoms with van der Waals surface area (Å²) in [6.07, 6.45) is 7.68. The van der Waals surface area contributed by atoms with E-state index in [9.17, 15) is 18.3 Å². The van der Waals surface area contributed by atoms with Gasteiger partial charge in [-0.05, 0) is 81.0 Å². The van der Waals surface area contributed by atoms with E-state index in [1.807, 2.05) is 11.0 Å². The van der Waals surface area contributed by atoms with Gasteiger partial charge in [0.25, 0.3) is 5.91 Å². The Balaban J connectivity index is 1.34. The molecule has 0 aromatic heterocycles. The van der Waals surface area contributed by atoms with Gasteiger partial charge in [0.15, 0.2) is 5.76 Å². The Morgan fingerprint density at radius 2 is 1.76 bits per heavy atom. The second-order valence-corrected chi connectivity index (χ2v) is 13.5. The van der Waals surface area contributed by atoms with E-state index >= 15 is 0 Å². The molecule has 3 aliphatic rings. The minimum Gasteiger partial charge on any atom is -0.497 e. The number of allylic oxidation sites excluding steroid dienone is 1. The predicted octanol–water partition coefficient (Wildman–Crippen LogP) is 3.07. The van der Waals surface area contributed by atoms with E-state index in [0.29, 0.717) is 29.9 Å². The highest BCUT2D eigenvalue weighted by molar-refractivity contribution is 7.89. The minimum atomic E-state index is -3.85. The number of aliphatic hydroxyl groups is 1. The standard InChI is InChI=1S/C30H47N3O7S/c1-23(2)24-21-28(30(35)32-15-11-25(12-16-32)31-13-5-4-6-14-31)40-29(22-24)39-20-18-33(17-19-34)41(36,37)27-9-7-26(38-3)8-10-27/h7-10,21,23-25,29,34H,4-6,11-20,22H2,1-3H3/t24-,29+/m0/s1. The average molecular weight is 594 g/mol. The summed E-state index contributed by atoms with van der Waals surface area (Å²) in [5.74, 6) is 1.19. The van der Waals surface area contributed by atoms with Crippen molar-refractivity contribution in [1.29, 1.82) is 0 Å². The molecule has 1 amide bonds. The van der Waals surface area contributed by atoms with Crippen LogP contribution >= 0.6 is 0 Å². The number of methoxy groups -OCH3 is 1. The number of piperidine rings is 2. The van der Waals surface area contributed by atoms with Crippen LogP contribution in [0.5, 0.6) is 5.75 Å². The Hall–Kier alpha value is -2.18. The van der Waals surface area contributed by atoms with Gasteiger partial charge in [-0.3, -0.25) is 4.79 Å². The maximum absolute atomic E-state index is 13.5. The van der Waals surface area contributed by atoms with E-state index in [1.54, 1.807) is 12.1 Å². The molecule has 0 saturated carbocycles. The van der Waals surface area contributed by atoms with Crippen molar-refractivity contribution in [3.05, 3.63) is 36.1 Å². The van der Waals surface area contributed by atoms with Crippen LogP contribution in [0.2, 0.25) is 0 Å². The maximum atomic E-state index is 13.5. The molecule has 0 unspecified atom stereocenters. The Kier molecular flexibility index (Phi) is 11.5. The number of carbonyl (C=O) groups excluding carboxylic acids is 1. The molecule has 0 radical (unpaired) electrons. The lowest BCUT2D eigenvalue weighted by molar-refractivity contribution is -0.157. The number of rotatable bonds is 12. The molecule has 11 heteroatoms. The fourth-order valence-corrected chi connectivity index (χ4v) is 7.34. The molecule has 1 aromatic rings. The highest BCUT2D eigenvalue weighted by atomic mass is 32.2. The number of hydrogen-bond donors (Lipinski definition) is 1. The van der Waals surface area contributed by atoms with Crippen LogP contribution in [0.15, 0.2) is 41.0 Å². The van der Waals surface area contributed by atoms with Crippen LogP contribution in [0.1, 0.15) is 52.4 Å². The van der Waals surface area contributed by atoms with Crippen molar-refractivity contribution in [3.8, 4) is 5.75 Å². The van der Waals surface area contributed by atoms with Crippen molar-refractivity contribution in [2.75, 3.05) is 59.6 Å². The number of sulfonamides is 1. The van der Waals surface area contributed by atoms with Crippen LogP contribution in [0.3, 0.4) is 0 Å². The van der Waals surface area contributed by atoms with Gasteiger partial charge in [0.05, 0.1) is 25.2 Å². The first kappa shape index (κ1) is 31.7. The minimum absolute atomic E-state index is 0.0398. The zero-order chi connectivity index (χ0) is 29.4. The van der Waals surface area contributed by atoms with Crippen LogP contribution in [0.25, 0.3) is 0 Å². The van der Waals surface area contributed by atoms with Crippen LogP contribution in [0, 0.1) is 11.8 Å². The fraction of sp³-hybridized carbons (Fsp3) is 0.700. The normalized spacial score (nSPS) is 23.0. The van der Waals surface area contributed by atoms with Gasteiger partial charge in [-0.1, -0.05) is 20.3 Å². The largest absolute Gasteiger partial charge is 0.497 e. The molecule has 1 aromatic carbocycles. The smallest absolute Gasteiger partial charge is 0.288 e. The molecule has 0 aliphatic carbocycles. The third-order valence-electron chi connectivity index (χ3n) is 8.51. The Morgan fingerprint density at radius 3 is 2.37 bits per heavy atom. The summed E-state index contributed by atoms with van der Waals surface area (Å²) in [5, 5.41) is 9.54. The van der Waals surface area contributed by atoms with Crippen LogP contribution in [-0.4, -0.2) is 105 Å². The van der Waals surface area contributed by atoms with Crippen molar-refractivity contribution >= 4 is 15.9 Å². The topological polar surface area (TPSA) is 109 Å². The molecule has 3 aliphatic heterocycles. The molecule has 3 heterocycles. The average Bonchev–Trinajstić information content (AvgIpc) is 3.00. The summed E-state index contributed by atoms with van der Waals surface area (Å²) < 4.78 is 44.8. The van der Waals surface area contributed by atoms with Crippen molar-refractivity contribution in [3.63, 3.8) is 0 Å². The Morgan fingerprint density at radius 1 is 1.07 bits per heavy atom. The van der Waals surface area contributed by atoms with E-state index in [1.165, 1.54) is 55.9 Å². The lowest BCUT2D eigenvalue weighted by Gasteiger charge is -2.41. The van der Waals surface area contributed by atoms with Gasteiger partial charge >= 0.3 is 0 Å². The SMILES string of the molecule is COc1ccc(S(=O)(=O)N(CCO)CCO[C@H]2C[C@@H](C(C)C)C=C(C(=O)N3CCC(N4CCCCC4)CC3)O2)cc1. The van der Waals surface area contributed by atoms with Gasteiger partial charge in [-0.15, -0.1) is 0 Å².